The monoisotopic (exact) mass is 582 g/mol. The second-order valence-electron chi connectivity index (χ2n) is 9.61. The number of hydrogen-bond donors (Lipinski definition) is 3. The second kappa shape index (κ2) is 11.9. The van der Waals surface area contributed by atoms with Crippen LogP contribution in [0.15, 0.2) is 35.9 Å². The fraction of sp³-hybridized carbons (Fsp3) is 0.615. The van der Waals surface area contributed by atoms with E-state index in [-0.39, 0.29) is 43.3 Å². The van der Waals surface area contributed by atoms with Gasteiger partial charge in [0.2, 0.25) is 11.8 Å². The second-order valence-corrected chi connectivity index (χ2v) is 10.8. The van der Waals surface area contributed by atoms with Gasteiger partial charge in [-0.05, 0) is 66.5 Å². The van der Waals surface area contributed by atoms with Crippen molar-refractivity contribution in [1.82, 2.24) is 10.2 Å². The van der Waals surface area contributed by atoms with Crippen molar-refractivity contribution in [2.24, 2.45) is 5.92 Å². The maximum atomic E-state index is 13.5. The maximum Gasteiger partial charge on any atom is 0.247 e. The van der Waals surface area contributed by atoms with Crippen LogP contribution in [0.2, 0.25) is 0 Å². The van der Waals surface area contributed by atoms with E-state index in [4.69, 9.17) is 9.84 Å². The number of halogens is 1. The molecule has 0 saturated heterocycles. The number of aliphatic hydroxyl groups is 2. The van der Waals surface area contributed by atoms with Crippen LogP contribution in [0.5, 0.6) is 5.75 Å². The van der Waals surface area contributed by atoms with Crippen LogP contribution in [0.3, 0.4) is 0 Å². The number of rotatable bonds is 8. The minimum atomic E-state index is -0.948. The summed E-state index contributed by atoms with van der Waals surface area (Å²) >= 11 is 2.19. The third-order valence-corrected chi connectivity index (χ3v) is 7.96. The highest BCUT2D eigenvalue weighted by atomic mass is 127. The lowest BCUT2D eigenvalue weighted by Crippen LogP contribution is -2.58. The molecule has 2 fully saturated rings. The molecule has 3 atom stereocenters. The van der Waals surface area contributed by atoms with Crippen molar-refractivity contribution in [2.45, 2.75) is 82.1 Å². The summed E-state index contributed by atoms with van der Waals surface area (Å²) in [5.41, 5.74) is 0.488. The molecular formula is C26H35IN2O5. The lowest BCUT2D eigenvalue weighted by molar-refractivity contribution is -0.144. The molecule has 186 valence electrons. The molecule has 4 rings (SSSR count). The molecule has 0 spiro atoms. The van der Waals surface area contributed by atoms with Gasteiger partial charge in [-0.1, -0.05) is 37.8 Å². The van der Waals surface area contributed by atoms with E-state index in [0.717, 1.165) is 42.1 Å². The van der Waals surface area contributed by atoms with E-state index in [1.54, 1.807) is 6.08 Å². The molecule has 1 aromatic rings. The molecule has 3 N–H and O–H groups in total. The Labute approximate surface area is 215 Å². The molecule has 7 nitrogen and oxygen atoms in total. The molecule has 0 aromatic heterocycles. The molecule has 2 saturated carbocycles. The van der Waals surface area contributed by atoms with Crippen molar-refractivity contribution in [2.75, 3.05) is 13.2 Å². The van der Waals surface area contributed by atoms with Crippen LogP contribution in [0, 0.1) is 9.49 Å². The fourth-order valence-corrected chi connectivity index (χ4v) is 5.64. The van der Waals surface area contributed by atoms with Gasteiger partial charge in [0.05, 0.1) is 16.2 Å². The van der Waals surface area contributed by atoms with Crippen LogP contribution in [-0.2, 0) is 9.59 Å². The number of aliphatic hydroxyl groups excluding tert-OH is 2. The largest absolute Gasteiger partial charge is 0.482 e. The van der Waals surface area contributed by atoms with Gasteiger partial charge in [0, 0.05) is 30.5 Å². The number of carbonyl (C=O) groups is 2. The standard InChI is InChI=1S/C26H35IN2O5/c27-20-9-5-6-10-22(20)34-23-16-18(25(32)28-13-14-30)15-21(24(23)31)29(26(33)17-11-12-17)19-7-3-1-2-4-8-19/h5-6,9-10,16-17,19,21,23-24,30-31H,1-4,7-8,11-15H2,(H,28,32)/t21-,23+,24+/m1/s1. The first-order valence-electron chi connectivity index (χ1n) is 12.5. The summed E-state index contributed by atoms with van der Waals surface area (Å²) in [7, 11) is 0. The van der Waals surface area contributed by atoms with Gasteiger partial charge in [-0.25, -0.2) is 0 Å². The first kappa shape index (κ1) is 25.4. The van der Waals surface area contributed by atoms with E-state index in [1.165, 1.54) is 12.8 Å². The lowest BCUT2D eigenvalue weighted by Gasteiger charge is -2.44. The molecule has 1 aromatic carbocycles. The molecule has 3 aliphatic rings. The van der Waals surface area contributed by atoms with Gasteiger partial charge < -0.3 is 25.2 Å². The number of para-hydroxylation sites is 1. The fourth-order valence-electron chi connectivity index (χ4n) is 5.13. The zero-order valence-corrected chi connectivity index (χ0v) is 21.7. The Bertz CT molecular complexity index is 895. The van der Waals surface area contributed by atoms with Gasteiger partial charge in [-0.15, -0.1) is 0 Å². The van der Waals surface area contributed by atoms with Crippen molar-refractivity contribution in [3.63, 3.8) is 0 Å². The maximum absolute atomic E-state index is 13.5. The van der Waals surface area contributed by atoms with E-state index >= 15 is 0 Å². The van der Waals surface area contributed by atoms with Crippen LogP contribution < -0.4 is 10.1 Å². The Morgan fingerprint density at radius 2 is 1.79 bits per heavy atom. The predicted octanol–water partition coefficient (Wildman–Crippen LogP) is 3.17. The molecular weight excluding hydrogens is 547 g/mol. The Morgan fingerprint density at radius 1 is 1.09 bits per heavy atom. The summed E-state index contributed by atoms with van der Waals surface area (Å²) in [5, 5.41) is 23.4. The average molecular weight is 582 g/mol. The summed E-state index contributed by atoms with van der Waals surface area (Å²) in [6.07, 6.45) is 8.39. The highest BCUT2D eigenvalue weighted by molar-refractivity contribution is 14.1. The first-order valence-corrected chi connectivity index (χ1v) is 13.6. The third-order valence-electron chi connectivity index (χ3n) is 7.07. The first-order chi connectivity index (χ1) is 16.5. The Hall–Kier alpha value is -1.65. The Kier molecular flexibility index (Phi) is 8.87. The molecule has 0 radical (unpaired) electrons. The highest BCUT2D eigenvalue weighted by Crippen LogP contribution is 2.38. The smallest absolute Gasteiger partial charge is 0.247 e. The number of carbonyl (C=O) groups excluding carboxylic acids is 2. The van der Waals surface area contributed by atoms with E-state index < -0.39 is 18.2 Å². The van der Waals surface area contributed by atoms with Gasteiger partial charge >= 0.3 is 0 Å². The highest BCUT2D eigenvalue weighted by Gasteiger charge is 2.46. The molecule has 0 aliphatic heterocycles. The number of ether oxygens (including phenoxy) is 1. The molecule has 0 heterocycles. The van der Waals surface area contributed by atoms with Crippen LogP contribution in [0.4, 0.5) is 0 Å². The number of hydrogen-bond acceptors (Lipinski definition) is 5. The molecule has 0 bridgehead atoms. The molecule has 0 unspecified atom stereocenters. The molecule has 34 heavy (non-hydrogen) atoms. The van der Waals surface area contributed by atoms with Crippen LogP contribution in [0.25, 0.3) is 0 Å². The van der Waals surface area contributed by atoms with E-state index in [2.05, 4.69) is 27.9 Å². The average Bonchev–Trinajstić information content (AvgIpc) is 3.69. The Balaban J connectivity index is 1.65. The van der Waals surface area contributed by atoms with Gasteiger partial charge in [-0.2, -0.15) is 0 Å². The number of nitrogens with zero attached hydrogens (tertiary/aromatic N) is 1. The zero-order chi connectivity index (χ0) is 24.1. The minimum Gasteiger partial charge on any atom is -0.482 e. The summed E-state index contributed by atoms with van der Waals surface area (Å²) in [6.45, 7) is 0.000419. The summed E-state index contributed by atoms with van der Waals surface area (Å²) in [5.74, 6) is 0.485. The zero-order valence-electron chi connectivity index (χ0n) is 19.5. The van der Waals surface area contributed by atoms with E-state index in [0.29, 0.717) is 11.3 Å². The van der Waals surface area contributed by atoms with Crippen molar-refractivity contribution in [3.05, 3.63) is 39.5 Å². The van der Waals surface area contributed by atoms with Gasteiger partial charge in [0.1, 0.15) is 18.0 Å². The number of benzene rings is 1. The van der Waals surface area contributed by atoms with Crippen molar-refractivity contribution in [1.29, 1.82) is 0 Å². The summed E-state index contributed by atoms with van der Waals surface area (Å²) in [6, 6.07) is 7.11. The van der Waals surface area contributed by atoms with Gasteiger partial charge in [0.15, 0.2) is 0 Å². The van der Waals surface area contributed by atoms with E-state index in [9.17, 15) is 14.7 Å². The van der Waals surface area contributed by atoms with Gasteiger partial charge in [0.25, 0.3) is 0 Å². The lowest BCUT2D eigenvalue weighted by atomic mass is 9.86. The van der Waals surface area contributed by atoms with Crippen LogP contribution in [0.1, 0.15) is 57.8 Å². The molecule has 2 amide bonds. The SMILES string of the molecule is O=C(NCCO)C1=C[C@H](Oc2ccccc2I)[C@@H](O)[C@H](N(C(=O)C2CC2)C2CCCCCC2)C1. The normalized spacial score (nSPS) is 25.7. The van der Waals surface area contributed by atoms with Crippen LogP contribution >= 0.6 is 22.6 Å². The molecule has 8 heteroatoms. The van der Waals surface area contributed by atoms with Crippen LogP contribution in [-0.4, -0.2) is 64.4 Å². The molecule has 3 aliphatic carbocycles. The number of nitrogens with one attached hydrogen (secondary N) is 1. The minimum absolute atomic E-state index is 0.0301. The topological polar surface area (TPSA) is 99.1 Å². The van der Waals surface area contributed by atoms with E-state index in [1.807, 2.05) is 29.2 Å². The summed E-state index contributed by atoms with van der Waals surface area (Å²) < 4.78 is 7.14. The van der Waals surface area contributed by atoms with Gasteiger partial charge in [-0.3, -0.25) is 9.59 Å². The number of amides is 2. The van der Waals surface area contributed by atoms with Crippen molar-refractivity contribution >= 4 is 34.4 Å². The quantitative estimate of drug-likeness (QED) is 0.323. The summed E-state index contributed by atoms with van der Waals surface area (Å²) in [4.78, 5) is 28.4. The third kappa shape index (κ3) is 6.12. The predicted molar refractivity (Wildman–Crippen MR) is 137 cm³/mol. The Morgan fingerprint density at radius 3 is 2.44 bits per heavy atom. The van der Waals surface area contributed by atoms with Crippen molar-refractivity contribution < 1.29 is 24.5 Å². The van der Waals surface area contributed by atoms with Crippen molar-refractivity contribution in [3.8, 4) is 5.75 Å².